The topological polar surface area (TPSA) is 80.6 Å². The molecule has 0 bridgehead atoms. The molecule has 1 aromatic carbocycles. The van der Waals surface area contributed by atoms with Crippen LogP contribution < -0.4 is 11.1 Å². The number of H-pyrrole nitrogens is 1. The maximum absolute atomic E-state index is 13.8. The molecule has 0 fully saturated rings. The Hall–Kier alpha value is -2.75. The van der Waals surface area contributed by atoms with Crippen molar-refractivity contribution in [3.63, 3.8) is 0 Å². The molecule has 0 saturated heterocycles. The van der Waals surface area contributed by atoms with Crippen molar-refractivity contribution in [2.45, 2.75) is 45.0 Å². The van der Waals surface area contributed by atoms with Gasteiger partial charge >= 0.3 is 0 Å². The summed E-state index contributed by atoms with van der Waals surface area (Å²) >= 11 is 4.34. The Balaban J connectivity index is 1.66. The van der Waals surface area contributed by atoms with E-state index in [4.69, 9.17) is 4.98 Å². The first-order valence-corrected chi connectivity index (χ1v) is 13.3. The summed E-state index contributed by atoms with van der Waals surface area (Å²) < 4.78 is 2.32. The third-order valence-electron chi connectivity index (χ3n) is 5.80. The molecule has 0 aliphatic carbocycles. The number of nitrogens with one attached hydrogen (secondary N) is 1. The summed E-state index contributed by atoms with van der Waals surface area (Å²) in [5.74, 6) is 0.961. The Bertz CT molecular complexity index is 1640. The fourth-order valence-corrected chi connectivity index (χ4v) is 6.70. The number of thiophene rings is 2. The smallest absolute Gasteiger partial charge is 0.268 e. The number of aromatic nitrogens is 4. The maximum atomic E-state index is 13.8. The van der Waals surface area contributed by atoms with Crippen LogP contribution in [0.25, 0.3) is 26.1 Å². The molecule has 5 aromatic rings. The molecule has 0 atom stereocenters. The predicted octanol–water partition coefficient (Wildman–Crippen LogP) is 5.53. The van der Waals surface area contributed by atoms with Crippen molar-refractivity contribution in [2.24, 2.45) is 0 Å². The van der Waals surface area contributed by atoms with Gasteiger partial charge in [0.1, 0.15) is 15.4 Å². The Morgan fingerprint density at radius 2 is 1.91 bits per heavy atom. The molecule has 0 radical (unpaired) electrons. The molecule has 5 rings (SSSR count). The van der Waals surface area contributed by atoms with Gasteiger partial charge in [-0.1, -0.05) is 24.8 Å². The highest BCUT2D eigenvalue weighted by Gasteiger charge is 2.20. The summed E-state index contributed by atoms with van der Waals surface area (Å²) in [6.07, 6.45) is 0.786. The Kier molecular flexibility index (Phi) is 5.72. The molecule has 4 heterocycles. The number of aromatic amines is 1. The molecule has 0 aliphatic heterocycles. The van der Waals surface area contributed by atoms with Crippen molar-refractivity contribution < 1.29 is 0 Å². The van der Waals surface area contributed by atoms with Crippen LogP contribution in [0.15, 0.2) is 44.4 Å². The first-order valence-electron chi connectivity index (χ1n) is 10.6. The zero-order valence-electron chi connectivity index (χ0n) is 18.7. The van der Waals surface area contributed by atoms with Gasteiger partial charge in [0.25, 0.3) is 11.1 Å². The number of hydrogen-bond donors (Lipinski definition) is 1. The maximum Gasteiger partial charge on any atom is 0.268 e. The third kappa shape index (κ3) is 3.84. The van der Waals surface area contributed by atoms with Gasteiger partial charge in [0.05, 0.1) is 22.3 Å². The van der Waals surface area contributed by atoms with Gasteiger partial charge in [-0.05, 0) is 67.5 Å². The highest BCUT2D eigenvalue weighted by molar-refractivity contribution is 7.98. The number of nitrogens with zero attached hydrogens (tertiary/aromatic N) is 3. The van der Waals surface area contributed by atoms with E-state index in [2.05, 4.69) is 23.8 Å². The van der Waals surface area contributed by atoms with Crippen LogP contribution in [0, 0.1) is 20.8 Å². The molecule has 33 heavy (non-hydrogen) atoms. The lowest BCUT2D eigenvalue weighted by Gasteiger charge is -2.14. The lowest BCUT2D eigenvalue weighted by atomic mass is 10.1. The monoisotopic (exact) mass is 494 g/mol. The van der Waals surface area contributed by atoms with Gasteiger partial charge in [-0.15, -0.1) is 22.7 Å². The van der Waals surface area contributed by atoms with E-state index in [1.165, 1.54) is 28.7 Å². The fraction of sp³-hybridized carbons (Fsp3) is 0.250. The number of thioether (sulfide) groups is 1. The molecular formula is C24H22N4O2S3. The Morgan fingerprint density at radius 1 is 1.09 bits per heavy atom. The normalized spacial score (nSPS) is 11.6. The standard InChI is InChI=1S/C24H22N4O2S3/c1-5-16-14(4)33-22-19(16)23(30)28(15-7-6-12(2)13(3)10-15)24(27-22)32-11-18-25-17-8-9-31-20(17)21(29)26-18/h6-10H,5,11H2,1-4H3,(H,25,26,29). The highest BCUT2D eigenvalue weighted by Crippen LogP contribution is 2.31. The van der Waals surface area contributed by atoms with Crippen LogP contribution in [-0.4, -0.2) is 19.5 Å². The van der Waals surface area contributed by atoms with E-state index in [1.54, 1.807) is 15.9 Å². The minimum absolute atomic E-state index is 0.0540. The van der Waals surface area contributed by atoms with Crippen molar-refractivity contribution in [1.29, 1.82) is 0 Å². The van der Waals surface area contributed by atoms with E-state index in [0.717, 1.165) is 32.9 Å². The Labute approximate surface area is 202 Å². The van der Waals surface area contributed by atoms with Gasteiger partial charge in [0.2, 0.25) is 0 Å². The first-order chi connectivity index (χ1) is 15.9. The molecule has 4 aromatic heterocycles. The number of rotatable bonds is 5. The van der Waals surface area contributed by atoms with Gasteiger partial charge in [0, 0.05) is 4.88 Å². The number of fused-ring (bicyclic) bond motifs is 2. The van der Waals surface area contributed by atoms with Crippen LogP contribution in [-0.2, 0) is 12.2 Å². The molecular weight excluding hydrogens is 472 g/mol. The Morgan fingerprint density at radius 3 is 2.67 bits per heavy atom. The second kappa shape index (κ2) is 8.55. The van der Waals surface area contributed by atoms with Gasteiger partial charge in [0.15, 0.2) is 5.16 Å². The van der Waals surface area contributed by atoms with Crippen LogP contribution in [0.2, 0.25) is 0 Å². The molecule has 9 heteroatoms. The molecule has 0 spiro atoms. The predicted molar refractivity (Wildman–Crippen MR) is 139 cm³/mol. The summed E-state index contributed by atoms with van der Waals surface area (Å²) in [6, 6.07) is 7.86. The number of hydrogen-bond acceptors (Lipinski definition) is 7. The van der Waals surface area contributed by atoms with E-state index < -0.39 is 0 Å². The van der Waals surface area contributed by atoms with Gasteiger partial charge in [-0.2, -0.15) is 0 Å². The van der Waals surface area contributed by atoms with Gasteiger partial charge in [-0.3, -0.25) is 14.2 Å². The average molecular weight is 495 g/mol. The van der Waals surface area contributed by atoms with Gasteiger partial charge in [-0.25, -0.2) is 9.97 Å². The van der Waals surface area contributed by atoms with E-state index in [1.807, 2.05) is 43.5 Å². The largest absolute Gasteiger partial charge is 0.309 e. The van der Waals surface area contributed by atoms with E-state index in [0.29, 0.717) is 32.3 Å². The zero-order chi connectivity index (χ0) is 23.3. The van der Waals surface area contributed by atoms with E-state index in [9.17, 15) is 9.59 Å². The number of aryl methyl sites for hydroxylation is 4. The minimum Gasteiger partial charge on any atom is -0.309 e. The molecule has 6 nitrogen and oxygen atoms in total. The lowest BCUT2D eigenvalue weighted by molar-refractivity contribution is 0.818. The van der Waals surface area contributed by atoms with Crippen LogP contribution in [0.4, 0.5) is 0 Å². The second-order valence-electron chi connectivity index (χ2n) is 7.91. The average Bonchev–Trinajstić information content (AvgIpc) is 3.38. The van der Waals surface area contributed by atoms with Crippen LogP contribution >= 0.6 is 34.4 Å². The molecule has 0 aliphatic rings. The second-order valence-corrected chi connectivity index (χ2v) is 11.0. The van der Waals surface area contributed by atoms with Crippen molar-refractivity contribution in [3.05, 3.63) is 77.7 Å². The van der Waals surface area contributed by atoms with Crippen LogP contribution in [0.5, 0.6) is 0 Å². The van der Waals surface area contributed by atoms with Crippen molar-refractivity contribution in [3.8, 4) is 5.69 Å². The van der Waals surface area contributed by atoms with Crippen LogP contribution in [0.1, 0.15) is 34.3 Å². The molecule has 0 unspecified atom stereocenters. The lowest BCUT2D eigenvalue weighted by Crippen LogP contribution is -2.22. The fourth-order valence-electron chi connectivity index (χ4n) is 3.94. The molecule has 0 saturated carbocycles. The molecule has 168 valence electrons. The summed E-state index contributed by atoms with van der Waals surface area (Å²) in [7, 11) is 0. The summed E-state index contributed by atoms with van der Waals surface area (Å²) in [4.78, 5) is 40.4. The summed E-state index contributed by atoms with van der Waals surface area (Å²) in [6.45, 7) is 8.21. The van der Waals surface area contributed by atoms with Gasteiger partial charge < -0.3 is 4.98 Å². The van der Waals surface area contributed by atoms with Crippen LogP contribution in [0.3, 0.4) is 0 Å². The quantitative estimate of drug-likeness (QED) is 0.257. The molecule has 1 N–H and O–H groups in total. The first kappa shape index (κ1) is 22.1. The van der Waals surface area contributed by atoms with E-state index in [-0.39, 0.29) is 11.1 Å². The highest BCUT2D eigenvalue weighted by atomic mass is 32.2. The van der Waals surface area contributed by atoms with E-state index >= 15 is 0 Å². The minimum atomic E-state index is -0.137. The zero-order valence-corrected chi connectivity index (χ0v) is 21.1. The molecule has 0 amide bonds. The van der Waals surface area contributed by atoms with Crippen molar-refractivity contribution in [1.82, 2.24) is 19.5 Å². The third-order valence-corrected chi connectivity index (χ3v) is 8.69. The van der Waals surface area contributed by atoms with Crippen molar-refractivity contribution in [2.75, 3.05) is 0 Å². The summed E-state index contributed by atoms with van der Waals surface area (Å²) in [5, 5.41) is 3.16. The summed E-state index contributed by atoms with van der Waals surface area (Å²) in [5.41, 5.74) is 4.64. The van der Waals surface area contributed by atoms with Crippen molar-refractivity contribution >= 4 is 54.9 Å². The SMILES string of the molecule is CCc1c(C)sc2nc(SCc3nc4ccsc4c(=O)[nH]3)n(-c3ccc(C)c(C)c3)c(=O)c12. The number of benzene rings is 1.